The van der Waals surface area contributed by atoms with Crippen molar-refractivity contribution in [3.8, 4) is 0 Å². The zero-order valence-corrected chi connectivity index (χ0v) is 13.7. The molecule has 112 valence electrons. The first-order valence-electron chi connectivity index (χ1n) is 6.95. The highest BCUT2D eigenvalue weighted by Gasteiger charge is 2.21. The van der Waals surface area contributed by atoms with Gasteiger partial charge in [0.05, 0.1) is 4.47 Å². The van der Waals surface area contributed by atoms with Crippen LogP contribution in [-0.2, 0) is 6.42 Å². The quantitative estimate of drug-likeness (QED) is 0.751. The Morgan fingerprint density at radius 3 is 2.38 bits per heavy atom. The summed E-state index contributed by atoms with van der Waals surface area (Å²) in [6.45, 7) is 4.58. The molecule has 0 radical (unpaired) electrons. The van der Waals surface area contributed by atoms with Gasteiger partial charge in [-0.3, -0.25) is 0 Å². The molecule has 1 unspecified atom stereocenters. The Balaban J connectivity index is 2.35. The summed E-state index contributed by atoms with van der Waals surface area (Å²) < 4.78 is 28.6. The van der Waals surface area contributed by atoms with Crippen LogP contribution in [0.1, 0.15) is 29.7 Å². The molecule has 0 fully saturated rings. The van der Waals surface area contributed by atoms with E-state index in [4.69, 9.17) is 0 Å². The highest BCUT2D eigenvalue weighted by atomic mass is 79.9. The maximum absolute atomic E-state index is 14.3. The summed E-state index contributed by atoms with van der Waals surface area (Å²) in [4.78, 5) is 0. The van der Waals surface area contributed by atoms with Crippen molar-refractivity contribution in [3.05, 3.63) is 69.2 Å². The molecule has 21 heavy (non-hydrogen) atoms. The number of hydrogen-bond donors (Lipinski definition) is 1. The number of benzene rings is 2. The van der Waals surface area contributed by atoms with E-state index in [1.807, 2.05) is 38.1 Å². The lowest BCUT2D eigenvalue weighted by atomic mass is 9.97. The first-order valence-corrected chi connectivity index (χ1v) is 7.74. The third kappa shape index (κ3) is 3.89. The van der Waals surface area contributed by atoms with Crippen LogP contribution in [0.4, 0.5) is 8.78 Å². The zero-order valence-electron chi connectivity index (χ0n) is 12.1. The Morgan fingerprint density at radius 1 is 1.10 bits per heavy atom. The van der Waals surface area contributed by atoms with E-state index in [0.29, 0.717) is 13.0 Å². The maximum atomic E-state index is 14.3. The van der Waals surface area contributed by atoms with Gasteiger partial charge in [0.1, 0.15) is 11.6 Å². The molecule has 0 aliphatic rings. The molecule has 0 saturated heterocycles. The zero-order chi connectivity index (χ0) is 15.4. The molecule has 0 aromatic heterocycles. The van der Waals surface area contributed by atoms with Gasteiger partial charge in [0.25, 0.3) is 0 Å². The molecular formula is C17H18BrF2N. The van der Waals surface area contributed by atoms with Gasteiger partial charge < -0.3 is 5.32 Å². The van der Waals surface area contributed by atoms with E-state index in [1.165, 1.54) is 17.7 Å². The molecule has 0 heterocycles. The van der Waals surface area contributed by atoms with Crippen molar-refractivity contribution >= 4 is 15.9 Å². The minimum atomic E-state index is -0.534. The summed E-state index contributed by atoms with van der Waals surface area (Å²) in [6.07, 6.45) is 0.540. The number of aryl methyl sites for hydroxylation is 1. The number of nitrogens with one attached hydrogen (secondary N) is 1. The van der Waals surface area contributed by atoms with Crippen LogP contribution >= 0.6 is 15.9 Å². The second-order valence-corrected chi connectivity index (χ2v) is 5.91. The Morgan fingerprint density at radius 2 is 1.76 bits per heavy atom. The smallest absolute Gasteiger partial charge is 0.145 e. The number of likely N-dealkylation sites (N-methyl/N-ethyl adjacent to an activating group) is 1. The fraction of sp³-hybridized carbons (Fsp3) is 0.294. The summed E-state index contributed by atoms with van der Waals surface area (Å²) in [5, 5.41) is 3.17. The Labute approximate surface area is 132 Å². The van der Waals surface area contributed by atoms with Gasteiger partial charge in [-0.1, -0.05) is 36.8 Å². The van der Waals surface area contributed by atoms with Crippen LogP contribution < -0.4 is 5.32 Å². The SMILES string of the molecule is CCNC(Cc1ccc(C)cc1)c1c(F)ccc(Br)c1F. The lowest BCUT2D eigenvalue weighted by Gasteiger charge is -2.20. The van der Waals surface area contributed by atoms with Crippen molar-refractivity contribution in [2.45, 2.75) is 26.3 Å². The van der Waals surface area contributed by atoms with Crippen molar-refractivity contribution in [3.63, 3.8) is 0 Å². The predicted octanol–water partition coefficient (Wildman–Crippen LogP) is 4.93. The van der Waals surface area contributed by atoms with Crippen LogP contribution in [0.15, 0.2) is 40.9 Å². The van der Waals surface area contributed by atoms with Crippen molar-refractivity contribution < 1.29 is 8.78 Å². The molecule has 4 heteroatoms. The monoisotopic (exact) mass is 353 g/mol. The summed E-state index contributed by atoms with van der Waals surface area (Å²) in [5.74, 6) is -1.05. The molecule has 1 N–H and O–H groups in total. The van der Waals surface area contributed by atoms with Crippen molar-refractivity contribution in [2.24, 2.45) is 0 Å². The highest BCUT2D eigenvalue weighted by molar-refractivity contribution is 9.10. The topological polar surface area (TPSA) is 12.0 Å². The van der Waals surface area contributed by atoms with Gasteiger partial charge in [0.2, 0.25) is 0 Å². The van der Waals surface area contributed by atoms with Crippen molar-refractivity contribution in [1.29, 1.82) is 0 Å². The lowest BCUT2D eigenvalue weighted by molar-refractivity contribution is 0.471. The molecule has 0 saturated carbocycles. The second kappa shape index (κ2) is 7.14. The van der Waals surface area contributed by atoms with Crippen LogP contribution in [-0.4, -0.2) is 6.54 Å². The minimum Gasteiger partial charge on any atom is -0.310 e. The standard InChI is InChI=1S/C17H18BrF2N/c1-3-21-15(10-12-6-4-11(2)5-7-12)16-14(19)9-8-13(18)17(16)20/h4-9,15,21H,3,10H2,1-2H3. The number of hydrogen-bond acceptors (Lipinski definition) is 1. The van der Waals surface area contributed by atoms with Crippen molar-refractivity contribution in [2.75, 3.05) is 6.54 Å². The van der Waals surface area contributed by atoms with Gasteiger partial charge in [-0.2, -0.15) is 0 Å². The molecule has 2 aromatic carbocycles. The molecular weight excluding hydrogens is 336 g/mol. The number of rotatable bonds is 5. The van der Waals surface area contributed by atoms with E-state index in [-0.39, 0.29) is 10.0 Å². The molecule has 0 aliphatic carbocycles. The first kappa shape index (κ1) is 16.1. The van der Waals surface area contributed by atoms with E-state index < -0.39 is 17.7 Å². The van der Waals surface area contributed by atoms with Crippen LogP contribution in [0.25, 0.3) is 0 Å². The van der Waals surface area contributed by atoms with Gasteiger partial charge in [0, 0.05) is 11.6 Å². The lowest BCUT2D eigenvalue weighted by Crippen LogP contribution is -2.25. The Kier molecular flexibility index (Phi) is 5.48. The molecule has 1 nitrogen and oxygen atoms in total. The van der Waals surface area contributed by atoms with E-state index in [9.17, 15) is 8.78 Å². The first-order chi connectivity index (χ1) is 10.0. The van der Waals surface area contributed by atoms with Crippen LogP contribution in [0.2, 0.25) is 0 Å². The van der Waals surface area contributed by atoms with Crippen molar-refractivity contribution in [1.82, 2.24) is 5.32 Å². The van der Waals surface area contributed by atoms with Crippen LogP contribution in [0, 0.1) is 18.6 Å². The molecule has 2 aromatic rings. The normalized spacial score (nSPS) is 12.4. The Hall–Kier alpha value is -1.26. The average Bonchev–Trinajstić information content (AvgIpc) is 2.46. The summed E-state index contributed by atoms with van der Waals surface area (Å²) in [5.41, 5.74) is 2.30. The van der Waals surface area contributed by atoms with E-state index in [2.05, 4.69) is 21.2 Å². The van der Waals surface area contributed by atoms with Gasteiger partial charge in [0.15, 0.2) is 0 Å². The van der Waals surface area contributed by atoms with Gasteiger partial charge in [-0.25, -0.2) is 8.78 Å². The summed E-state index contributed by atoms with van der Waals surface area (Å²) in [7, 11) is 0. The van der Waals surface area contributed by atoms with E-state index >= 15 is 0 Å². The van der Waals surface area contributed by atoms with Gasteiger partial charge in [-0.05, 0) is 53.5 Å². The molecule has 2 rings (SSSR count). The molecule has 0 amide bonds. The molecule has 1 atom stereocenters. The average molecular weight is 354 g/mol. The van der Waals surface area contributed by atoms with E-state index in [1.54, 1.807) is 0 Å². The summed E-state index contributed by atoms with van der Waals surface area (Å²) >= 11 is 3.13. The predicted molar refractivity (Wildman–Crippen MR) is 85.4 cm³/mol. The molecule has 0 aliphatic heterocycles. The molecule has 0 bridgehead atoms. The maximum Gasteiger partial charge on any atom is 0.145 e. The Bertz CT molecular complexity index is 611. The third-order valence-electron chi connectivity index (χ3n) is 3.44. The van der Waals surface area contributed by atoms with Crippen LogP contribution in [0.3, 0.4) is 0 Å². The third-order valence-corrected chi connectivity index (χ3v) is 4.05. The largest absolute Gasteiger partial charge is 0.310 e. The van der Waals surface area contributed by atoms with Gasteiger partial charge >= 0.3 is 0 Å². The highest BCUT2D eigenvalue weighted by Crippen LogP contribution is 2.29. The minimum absolute atomic E-state index is 0.0896. The molecule has 0 spiro atoms. The van der Waals surface area contributed by atoms with Gasteiger partial charge in [-0.15, -0.1) is 0 Å². The number of halogens is 3. The second-order valence-electron chi connectivity index (χ2n) is 5.06. The fourth-order valence-electron chi connectivity index (χ4n) is 2.34. The van der Waals surface area contributed by atoms with Crippen LogP contribution in [0.5, 0.6) is 0 Å². The summed E-state index contributed by atoms with van der Waals surface area (Å²) in [6, 6.07) is 10.3. The fourth-order valence-corrected chi connectivity index (χ4v) is 2.69. The van der Waals surface area contributed by atoms with E-state index in [0.717, 1.165) is 5.56 Å².